The maximum absolute atomic E-state index is 12.0. The van der Waals surface area contributed by atoms with Crippen LogP contribution in [0.25, 0.3) is 0 Å². The van der Waals surface area contributed by atoms with E-state index in [0.29, 0.717) is 16.7 Å². The van der Waals surface area contributed by atoms with Crippen molar-refractivity contribution >= 4 is 11.7 Å². The maximum Gasteiger partial charge on any atom is 0.253 e. The Morgan fingerprint density at radius 3 is 2.06 bits per heavy atom. The van der Waals surface area contributed by atoms with E-state index in [1.54, 1.807) is 56.8 Å². The molecule has 0 aliphatic carbocycles. The van der Waals surface area contributed by atoms with Crippen LogP contribution in [-0.4, -0.2) is 35.7 Å². The molecule has 0 fully saturated rings. The van der Waals surface area contributed by atoms with Gasteiger partial charge >= 0.3 is 0 Å². The van der Waals surface area contributed by atoms with Crippen molar-refractivity contribution in [3.63, 3.8) is 0 Å². The summed E-state index contributed by atoms with van der Waals surface area (Å²) in [5, 5.41) is 0. The number of nitrogens with one attached hydrogen (secondary N) is 1. The molecule has 92 valence electrons. The highest BCUT2D eigenvalue weighted by atomic mass is 16.2. The van der Waals surface area contributed by atoms with Crippen molar-refractivity contribution < 1.29 is 9.59 Å². The van der Waals surface area contributed by atoms with Gasteiger partial charge < -0.3 is 9.88 Å². The second-order valence-corrected chi connectivity index (χ2v) is 4.21. The summed E-state index contributed by atoms with van der Waals surface area (Å²) < 4.78 is 0. The van der Waals surface area contributed by atoms with Crippen molar-refractivity contribution in [3.05, 3.63) is 59.4 Å². The van der Waals surface area contributed by atoms with Crippen LogP contribution < -0.4 is 0 Å². The molecule has 1 aromatic heterocycles. The van der Waals surface area contributed by atoms with Crippen molar-refractivity contribution in [1.29, 1.82) is 0 Å². The summed E-state index contributed by atoms with van der Waals surface area (Å²) in [6.45, 7) is 0. The van der Waals surface area contributed by atoms with Crippen LogP contribution in [0.4, 0.5) is 0 Å². The van der Waals surface area contributed by atoms with Gasteiger partial charge in [-0.1, -0.05) is 12.1 Å². The Balaban J connectivity index is 2.23. The van der Waals surface area contributed by atoms with Crippen LogP contribution in [0.1, 0.15) is 26.3 Å². The van der Waals surface area contributed by atoms with E-state index in [1.807, 2.05) is 0 Å². The minimum atomic E-state index is -0.0735. The molecule has 4 heteroatoms. The lowest BCUT2D eigenvalue weighted by Gasteiger charge is -2.10. The summed E-state index contributed by atoms with van der Waals surface area (Å²) >= 11 is 0. The number of rotatable bonds is 3. The molecule has 4 nitrogen and oxygen atoms in total. The monoisotopic (exact) mass is 242 g/mol. The quantitative estimate of drug-likeness (QED) is 0.836. The Hall–Kier alpha value is -2.36. The van der Waals surface area contributed by atoms with Gasteiger partial charge in [-0.25, -0.2) is 0 Å². The van der Waals surface area contributed by atoms with Crippen LogP contribution in [0.3, 0.4) is 0 Å². The van der Waals surface area contributed by atoms with E-state index in [9.17, 15) is 9.59 Å². The van der Waals surface area contributed by atoms with Gasteiger partial charge in [0.25, 0.3) is 5.91 Å². The Morgan fingerprint density at radius 2 is 1.56 bits per heavy atom. The third kappa shape index (κ3) is 2.32. The van der Waals surface area contributed by atoms with Gasteiger partial charge in [-0.15, -0.1) is 0 Å². The van der Waals surface area contributed by atoms with Crippen LogP contribution in [0.5, 0.6) is 0 Å². The molecule has 1 N–H and O–H groups in total. The van der Waals surface area contributed by atoms with Crippen molar-refractivity contribution in [2.24, 2.45) is 0 Å². The molecule has 0 radical (unpaired) electrons. The van der Waals surface area contributed by atoms with Gasteiger partial charge in [0.2, 0.25) is 0 Å². The number of H-pyrrole nitrogens is 1. The minimum Gasteiger partial charge on any atom is -0.367 e. The van der Waals surface area contributed by atoms with E-state index >= 15 is 0 Å². The molecule has 1 aromatic carbocycles. The van der Waals surface area contributed by atoms with E-state index in [2.05, 4.69) is 4.98 Å². The molecule has 0 saturated heterocycles. The molecule has 0 atom stereocenters. The predicted octanol–water partition coefficient (Wildman–Crippen LogP) is 1.95. The predicted molar refractivity (Wildman–Crippen MR) is 68.7 cm³/mol. The summed E-state index contributed by atoms with van der Waals surface area (Å²) in [5.41, 5.74) is 1.76. The third-order valence-corrected chi connectivity index (χ3v) is 2.66. The van der Waals surface area contributed by atoms with Crippen LogP contribution in [0, 0.1) is 0 Å². The van der Waals surface area contributed by atoms with Crippen LogP contribution in [0.15, 0.2) is 42.7 Å². The first-order valence-electron chi connectivity index (χ1n) is 5.59. The van der Waals surface area contributed by atoms with E-state index in [-0.39, 0.29) is 11.7 Å². The number of nitrogens with zero attached hydrogens (tertiary/aromatic N) is 1. The van der Waals surface area contributed by atoms with Gasteiger partial charge in [-0.3, -0.25) is 9.59 Å². The number of amides is 1. The van der Waals surface area contributed by atoms with E-state index in [1.165, 1.54) is 4.90 Å². The second-order valence-electron chi connectivity index (χ2n) is 4.21. The first-order valence-corrected chi connectivity index (χ1v) is 5.59. The van der Waals surface area contributed by atoms with E-state index in [0.717, 1.165) is 0 Å². The second kappa shape index (κ2) is 4.87. The average molecular weight is 242 g/mol. The van der Waals surface area contributed by atoms with Crippen LogP contribution >= 0.6 is 0 Å². The Labute approximate surface area is 105 Å². The van der Waals surface area contributed by atoms with E-state index in [4.69, 9.17) is 0 Å². The number of carbonyl (C=O) groups excluding carboxylic acids is 2. The first-order chi connectivity index (χ1) is 8.59. The molecule has 0 saturated carbocycles. The number of hydrogen-bond acceptors (Lipinski definition) is 2. The van der Waals surface area contributed by atoms with Crippen LogP contribution in [0.2, 0.25) is 0 Å². The summed E-state index contributed by atoms with van der Waals surface area (Å²) in [7, 11) is 3.39. The zero-order valence-corrected chi connectivity index (χ0v) is 10.3. The molecule has 0 spiro atoms. The number of aromatic amines is 1. The summed E-state index contributed by atoms with van der Waals surface area (Å²) in [6, 6.07) is 8.41. The zero-order chi connectivity index (χ0) is 13.1. The molecule has 0 aliphatic rings. The fourth-order valence-corrected chi connectivity index (χ4v) is 1.65. The number of ketones is 1. The van der Waals surface area contributed by atoms with Crippen molar-refractivity contribution in [1.82, 2.24) is 9.88 Å². The molecule has 0 unspecified atom stereocenters. The van der Waals surface area contributed by atoms with Crippen molar-refractivity contribution in [2.75, 3.05) is 14.1 Å². The molecule has 0 bridgehead atoms. The standard InChI is InChI=1S/C14H14N2O2/c1-16(2)14(18)11-5-3-10(4-6-11)13(17)12-7-8-15-9-12/h3-9,15H,1-2H3. The number of hydrogen-bond donors (Lipinski definition) is 1. The Morgan fingerprint density at radius 1 is 0.944 bits per heavy atom. The molecule has 0 aliphatic heterocycles. The largest absolute Gasteiger partial charge is 0.367 e. The van der Waals surface area contributed by atoms with Gasteiger partial charge in [-0.05, 0) is 18.2 Å². The van der Waals surface area contributed by atoms with E-state index < -0.39 is 0 Å². The van der Waals surface area contributed by atoms with Gasteiger partial charge in [0.05, 0.1) is 0 Å². The van der Waals surface area contributed by atoms with Crippen molar-refractivity contribution in [2.45, 2.75) is 0 Å². The fourth-order valence-electron chi connectivity index (χ4n) is 1.65. The van der Waals surface area contributed by atoms with Gasteiger partial charge in [0.1, 0.15) is 0 Å². The minimum absolute atomic E-state index is 0.0555. The average Bonchev–Trinajstić information content (AvgIpc) is 2.91. The molecule has 1 amide bonds. The smallest absolute Gasteiger partial charge is 0.253 e. The number of aromatic nitrogens is 1. The molecule has 1 heterocycles. The fraction of sp³-hybridized carbons (Fsp3) is 0.143. The highest BCUT2D eigenvalue weighted by molar-refractivity contribution is 6.09. The van der Waals surface area contributed by atoms with Gasteiger partial charge in [-0.2, -0.15) is 0 Å². The third-order valence-electron chi connectivity index (χ3n) is 2.66. The summed E-state index contributed by atoms with van der Waals surface area (Å²) in [5.74, 6) is -0.129. The Bertz CT molecular complexity index is 554. The summed E-state index contributed by atoms with van der Waals surface area (Å²) in [6.07, 6.45) is 3.36. The zero-order valence-electron chi connectivity index (χ0n) is 10.3. The maximum atomic E-state index is 12.0. The normalized spacial score (nSPS) is 10.1. The molecular formula is C14H14N2O2. The molecule has 18 heavy (non-hydrogen) atoms. The summed E-state index contributed by atoms with van der Waals surface area (Å²) in [4.78, 5) is 28.0. The highest BCUT2D eigenvalue weighted by Crippen LogP contribution is 2.11. The van der Waals surface area contributed by atoms with Gasteiger partial charge in [0.15, 0.2) is 5.78 Å². The lowest BCUT2D eigenvalue weighted by Crippen LogP contribution is -2.21. The molecule has 2 rings (SSSR count). The number of carbonyl (C=O) groups is 2. The first kappa shape index (κ1) is 12.1. The molecule has 2 aromatic rings. The lowest BCUT2D eigenvalue weighted by molar-refractivity contribution is 0.0827. The number of benzene rings is 1. The van der Waals surface area contributed by atoms with Crippen LogP contribution in [-0.2, 0) is 0 Å². The lowest BCUT2D eigenvalue weighted by atomic mass is 10.0. The highest BCUT2D eigenvalue weighted by Gasteiger charge is 2.11. The SMILES string of the molecule is CN(C)C(=O)c1ccc(C(=O)c2cc[nH]c2)cc1. The Kier molecular flexibility index (Phi) is 3.28. The topological polar surface area (TPSA) is 53.2 Å². The van der Waals surface area contributed by atoms with Crippen molar-refractivity contribution in [3.8, 4) is 0 Å². The van der Waals surface area contributed by atoms with Gasteiger partial charge in [0, 0.05) is 43.2 Å². The molecular weight excluding hydrogens is 228 g/mol.